The van der Waals surface area contributed by atoms with Crippen molar-refractivity contribution in [2.45, 2.75) is 75.2 Å². The van der Waals surface area contributed by atoms with Crippen LogP contribution < -0.4 is 10.6 Å². The van der Waals surface area contributed by atoms with Crippen LogP contribution in [0.2, 0.25) is 0 Å². The van der Waals surface area contributed by atoms with E-state index in [1.807, 2.05) is 6.92 Å². The standard InChI is InChI=1S/C17H29N3O4S/c1-2-18-17-20-11-12(21)13(22)14(24-16(11)25-17)15(23)19-9-8-10-6-4-3-5-7-10/h10-14,16,21-22H,2-9H2,1H3,(H,18,20)(H,19,23)/t11-,12-,13+,14+,16-/m1/s1. The monoisotopic (exact) mass is 371 g/mol. The van der Waals surface area contributed by atoms with Crippen LogP contribution in [-0.2, 0) is 9.53 Å². The molecule has 2 heterocycles. The van der Waals surface area contributed by atoms with Crippen molar-refractivity contribution in [3.8, 4) is 0 Å². The fourth-order valence-corrected chi connectivity index (χ4v) is 4.96. The molecule has 8 heteroatoms. The second-order valence-electron chi connectivity index (χ2n) is 7.06. The fraction of sp³-hybridized carbons (Fsp3) is 0.882. The van der Waals surface area contributed by atoms with Crippen LogP contribution >= 0.6 is 11.8 Å². The minimum atomic E-state index is -1.26. The summed E-state index contributed by atoms with van der Waals surface area (Å²) >= 11 is 1.36. The van der Waals surface area contributed by atoms with Gasteiger partial charge in [-0.3, -0.25) is 9.79 Å². The summed E-state index contributed by atoms with van der Waals surface area (Å²) < 4.78 is 5.76. The number of carbonyl (C=O) groups is 1. The zero-order valence-corrected chi connectivity index (χ0v) is 15.5. The molecule has 1 amide bonds. The number of thioether (sulfide) groups is 1. The van der Waals surface area contributed by atoms with Gasteiger partial charge in [0.25, 0.3) is 5.91 Å². The lowest BCUT2D eigenvalue weighted by atomic mass is 9.87. The average molecular weight is 372 g/mol. The van der Waals surface area contributed by atoms with Crippen LogP contribution in [0.4, 0.5) is 0 Å². The van der Waals surface area contributed by atoms with Crippen molar-refractivity contribution in [2.75, 3.05) is 13.1 Å². The maximum Gasteiger partial charge on any atom is 0.252 e. The molecule has 0 unspecified atom stereocenters. The Morgan fingerprint density at radius 2 is 2.04 bits per heavy atom. The molecular formula is C17H29N3O4S. The Bertz CT molecular complexity index is 498. The third-order valence-electron chi connectivity index (χ3n) is 5.23. The lowest BCUT2D eigenvalue weighted by Crippen LogP contribution is -2.59. The number of nitrogens with zero attached hydrogens (tertiary/aromatic N) is 1. The van der Waals surface area contributed by atoms with Crippen molar-refractivity contribution >= 4 is 22.8 Å². The van der Waals surface area contributed by atoms with Crippen molar-refractivity contribution in [3.05, 3.63) is 0 Å². The van der Waals surface area contributed by atoms with Gasteiger partial charge >= 0.3 is 0 Å². The number of hydrogen-bond acceptors (Lipinski definition) is 7. The summed E-state index contributed by atoms with van der Waals surface area (Å²) in [4.78, 5) is 16.8. The summed E-state index contributed by atoms with van der Waals surface area (Å²) in [6.07, 6.45) is 3.91. The van der Waals surface area contributed by atoms with Crippen LogP contribution in [0, 0.1) is 5.92 Å². The molecular weight excluding hydrogens is 342 g/mol. The van der Waals surface area contributed by atoms with Crippen LogP contribution in [0.5, 0.6) is 0 Å². The minimum Gasteiger partial charge on any atom is -0.388 e. The molecule has 0 spiro atoms. The molecule has 5 atom stereocenters. The first kappa shape index (κ1) is 18.9. The van der Waals surface area contributed by atoms with E-state index in [0.717, 1.165) is 13.0 Å². The summed E-state index contributed by atoms with van der Waals surface area (Å²) in [5.74, 6) is 0.334. The molecule has 4 N–H and O–H groups in total. The molecule has 0 aromatic carbocycles. The Morgan fingerprint density at radius 3 is 2.76 bits per heavy atom. The smallest absolute Gasteiger partial charge is 0.252 e. The topological polar surface area (TPSA) is 103 Å². The lowest BCUT2D eigenvalue weighted by molar-refractivity contribution is -0.171. The number of ether oxygens (including phenoxy) is 1. The highest BCUT2D eigenvalue weighted by Gasteiger charge is 2.50. The molecule has 142 valence electrons. The van der Waals surface area contributed by atoms with E-state index >= 15 is 0 Å². The zero-order valence-electron chi connectivity index (χ0n) is 14.7. The first-order chi connectivity index (χ1) is 12.1. The van der Waals surface area contributed by atoms with Crippen LogP contribution in [0.3, 0.4) is 0 Å². The Morgan fingerprint density at radius 1 is 1.28 bits per heavy atom. The highest BCUT2D eigenvalue weighted by Crippen LogP contribution is 2.36. The number of aliphatic hydroxyl groups excluding tert-OH is 2. The van der Waals surface area contributed by atoms with E-state index in [0.29, 0.717) is 17.6 Å². The SMILES string of the molecule is CCNC1=N[C@@H]2[C@@H](O)[C@H](O)[C@@H](C(=O)NCCC3CCCCC3)O[C@@H]2S1. The van der Waals surface area contributed by atoms with Gasteiger partial charge in [0.1, 0.15) is 23.7 Å². The molecule has 7 nitrogen and oxygen atoms in total. The van der Waals surface area contributed by atoms with E-state index in [9.17, 15) is 15.0 Å². The van der Waals surface area contributed by atoms with Crippen LogP contribution in [-0.4, -0.2) is 64.2 Å². The maximum atomic E-state index is 12.4. The second kappa shape index (κ2) is 8.70. The highest BCUT2D eigenvalue weighted by molar-refractivity contribution is 8.14. The van der Waals surface area contributed by atoms with Gasteiger partial charge in [-0.25, -0.2) is 0 Å². The molecule has 3 aliphatic rings. The summed E-state index contributed by atoms with van der Waals surface area (Å²) in [5.41, 5.74) is -0.443. The molecule has 0 aromatic rings. The van der Waals surface area contributed by atoms with Gasteiger partial charge in [0, 0.05) is 13.1 Å². The average Bonchev–Trinajstić information content (AvgIpc) is 3.02. The predicted octanol–water partition coefficient (Wildman–Crippen LogP) is 0.601. The fourth-order valence-electron chi connectivity index (χ4n) is 3.79. The Kier molecular flexibility index (Phi) is 6.60. The maximum absolute atomic E-state index is 12.4. The van der Waals surface area contributed by atoms with Crippen LogP contribution in [0.1, 0.15) is 45.4 Å². The number of fused-ring (bicyclic) bond motifs is 1. The Balaban J connectivity index is 1.49. The van der Waals surface area contributed by atoms with Crippen LogP contribution in [0.25, 0.3) is 0 Å². The first-order valence-corrected chi connectivity index (χ1v) is 10.3. The van der Waals surface area contributed by atoms with Gasteiger partial charge in [0.15, 0.2) is 11.3 Å². The van der Waals surface area contributed by atoms with E-state index in [2.05, 4.69) is 15.6 Å². The normalized spacial score (nSPS) is 35.8. The van der Waals surface area contributed by atoms with Gasteiger partial charge in [-0.15, -0.1) is 0 Å². The third-order valence-corrected chi connectivity index (χ3v) is 6.32. The molecule has 0 radical (unpaired) electrons. The van der Waals surface area contributed by atoms with Crippen LogP contribution in [0.15, 0.2) is 4.99 Å². The van der Waals surface area contributed by atoms with Gasteiger partial charge < -0.3 is 25.6 Å². The second-order valence-corrected chi connectivity index (χ2v) is 8.15. The van der Waals surface area contributed by atoms with Crippen molar-refractivity contribution in [1.29, 1.82) is 0 Å². The first-order valence-electron chi connectivity index (χ1n) is 9.37. The van der Waals surface area contributed by atoms with Gasteiger partial charge in [-0.2, -0.15) is 0 Å². The van der Waals surface area contributed by atoms with Gasteiger partial charge in [0.05, 0.1) is 0 Å². The molecule has 1 aliphatic carbocycles. The molecule has 0 aromatic heterocycles. The number of hydrogen-bond donors (Lipinski definition) is 4. The van der Waals surface area contributed by atoms with Gasteiger partial charge in [-0.1, -0.05) is 43.9 Å². The molecule has 1 saturated heterocycles. The van der Waals surface area contributed by atoms with Crippen molar-refractivity contribution in [2.24, 2.45) is 10.9 Å². The minimum absolute atomic E-state index is 0.349. The molecule has 2 fully saturated rings. The van der Waals surface area contributed by atoms with E-state index < -0.39 is 29.8 Å². The van der Waals surface area contributed by atoms with E-state index in [4.69, 9.17) is 4.74 Å². The number of rotatable bonds is 5. The molecule has 1 saturated carbocycles. The largest absolute Gasteiger partial charge is 0.388 e. The molecule has 2 aliphatic heterocycles. The Labute approximate surface area is 153 Å². The van der Waals surface area contributed by atoms with E-state index in [-0.39, 0.29) is 5.91 Å². The molecule has 0 bridgehead atoms. The predicted molar refractivity (Wildman–Crippen MR) is 97.4 cm³/mol. The summed E-state index contributed by atoms with van der Waals surface area (Å²) in [7, 11) is 0. The number of carbonyl (C=O) groups excluding carboxylic acids is 1. The van der Waals surface area contributed by atoms with Gasteiger partial charge in [-0.05, 0) is 19.3 Å². The lowest BCUT2D eigenvalue weighted by Gasteiger charge is -2.37. The Hall–Kier alpha value is -0.830. The summed E-state index contributed by atoms with van der Waals surface area (Å²) in [6.45, 7) is 3.27. The number of amidine groups is 1. The zero-order chi connectivity index (χ0) is 17.8. The van der Waals surface area contributed by atoms with Crippen molar-refractivity contribution in [3.63, 3.8) is 0 Å². The number of nitrogens with one attached hydrogen (secondary N) is 2. The third kappa shape index (κ3) is 4.48. The van der Waals surface area contributed by atoms with Gasteiger partial charge in [0.2, 0.25) is 0 Å². The van der Waals surface area contributed by atoms with E-state index in [1.165, 1.54) is 43.9 Å². The molecule has 25 heavy (non-hydrogen) atoms. The summed E-state index contributed by atoms with van der Waals surface area (Å²) in [5, 5.41) is 27.3. The summed E-state index contributed by atoms with van der Waals surface area (Å²) in [6, 6.07) is -0.541. The number of aliphatic imine (C=N–C) groups is 1. The van der Waals surface area contributed by atoms with E-state index in [1.54, 1.807) is 0 Å². The van der Waals surface area contributed by atoms with Crippen molar-refractivity contribution in [1.82, 2.24) is 10.6 Å². The quantitative estimate of drug-likeness (QED) is 0.564. The highest BCUT2D eigenvalue weighted by atomic mass is 32.2. The van der Waals surface area contributed by atoms with Crippen molar-refractivity contribution < 1.29 is 19.7 Å². The number of amides is 1. The number of aliphatic hydroxyl groups is 2. The molecule has 3 rings (SSSR count).